The Hall–Kier alpha value is -4.31. The Morgan fingerprint density at radius 1 is 0.590 bits per heavy atom. The zero-order chi connectivity index (χ0) is 28.3. The second kappa shape index (κ2) is 11.6. The molecule has 206 valence electrons. The molecule has 3 aromatic carbocycles. The summed E-state index contributed by atoms with van der Waals surface area (Å²) in [5.74, 6) is 3.23. The highest BCUT2D eigenvalue weighted by atomic mass is 32.1. The van der Waals surface area contributed by atoms with Crippen molar-refractivity contribution in [2.45, 2.75) is 6.92 Å². The minimum Gasteiger partial charge on any atom is -0.493 e. The maximum Gasteiger partial charge on any atom is 0.308 e. The summed E-state index contributed by atoms with van der Waals surface area (Å²) < 4.78 is 45.8. The van der Waals surface area contributed by atoms with Crippen molar-refractivity contribution in [3.8, 4) is 67.6 Å². The van der Waals surface area contributed by atoms with Crippen molar-refractivity contribution in [2.24, 2.45) is 0 Å². The van der Waals surface area contributed by atoms with Gasteiger partial charge in [-0.15, -0.1) is 11.3 Å². The van der Waals surface area contributed by atoms with Gasteiger partial charge < -0.3 is 37.9 Å². The number of ether oxygens (including phenoxy) is 8. The molecule has 0 spiro atoms. The second-order valence-corrected chi connectivity index (χ2v) is 9.25. The van der Waals surface area contributed by atoms with Crippen molar-refractivity contribution in [1.29, 1.82) is 0 Å². The summed E-state index contributed by atoms with van der Waals surface area (Å²) in [6, 6.07) is 11.1. The van der Waals surface area contributed by atoms with Crippen molar-refractivity contribution >= 4 is 27.4 Å². The van der Waals surface area contributed by atoms with Gasteiger partial charge in [0.25, 0.3) is 0 Å². The predicted molar refractivity (Wildman–Crippen MR) is 150 cm³/mol. The van der Waals surface area contributed by atoms with Gasteiger partial charge in [-0.25, -0.2) is 0 Å². The number of benzene rings is 3. The Bertz CT molecular complexity index is 1500. The molecule has 4 rings (SSSR count). The van der Waals surface area contributed by atoms with Gasteiger partial charge in [0.15, 0.2) is 34.5 Å². The lowest BCUT2D eigenvalue weighted by Gasteiger charge is -2.17. The summed E-state index contributed by atoms with van der Waals surface area (Å²) in [6.07, 6.45) is 0. The molecule has 0 atom stereocenters. The number of fused-ring (bicyclic) bond motifs is 1. The predicted octanol–water partition coefficient (Wildman–Crippen LogP) is 6.22. The number of esters is 1. The fourth-order valence-electron chi connectivity index (χ4n) is 4.48. The molecular formula is C29H30O9S. The number of carbonyl (C=O) groups is 1. The minimum absolute atomic E-state index is 0.304. The maximum absolute atomic E-state index is 11.8. The molecule has 1 aromatic heterocycles. The highest BCUT2D eigenvalue weighted by Crippen LogP contribution is 2.55. The lowest BCUT2D eigenvalue weighted by atomic mass is 9.97. The molecule has 0 amide bonds. The Morgan fingerprint density at radius 2 is 1.13 bits per heavy atom. The van der Waals surface area contributed by atoms with Gasteiger partial charge in [0, 0.05) is 33.5 Å². The number of methoxy groups -OCH3 is 7. The van der Waals surface area contributed by atoms with Crippen LogP contribution in [0, 0.1) is 0 Å². The van der Waals surface area contributed by atoms with Crippen LogP contribution in [0.4, 0.5) is 0 Å². The van der Waals surface area contributed by atoms with Crippen LogP contribution in [0.1, 0.15) is 6.92 Å². The average molecular weight is 555 g/mol. The van der Waals surface area contributed by atoms with E-state index in [1.807, 2.05) is 24.3 Å². The van der Waals surface area contributed by atoms with Crippen LogP contribution in [-0.4, -0.2) is 55.7 Å². The van der Waals surface area contributed by atoms with Crippen molar-refractivity contribution in [3.05, 3.63) is 36.4 Å². The molecule has 39 heavy (non-hydrogen) atoms. The van der Waals surface area contributed by atoms with Crippen LogP contribution in [-0.2, 0) is 4.79 Å². The van der Waals surface area contributed by atoms with E-state index in [1.165, 1.54) is 25.4 Å². The Kier molecular flexibility index (Phi) is 8.25. The van der Waals surface area contributed by atoms with E-state index < -0.39 is 5.97 Å². The van der Waals surface area contributed by atoms with Gasteiger partial charge in [-0.2, -0.15) is 0 Å². The highest BCUT2D eigenvalue weighted by Gasteiger charge is 2.27. The quantitative estimate of drug-likeness (QED) is 0.167. The van der Waals surface area contributed by atoms with Crippen LogP contribution in [0.25, 0.3) is 31.7 Å². The summed E-state index contributed by atoms with van der Waals surface area (Å²) in [6.45, 7) is 1.34. The molecule has 0 aliphatic rings. The fraction of sp³-hybridized carbons (Fsp3) is 0.276. The SMILES string of the molecule is COc1ccc(-c2sc3cc(OC)c(OC)c(OC)c3c2-c2cc(OC)c(OC)c(OC)c2)cc1OC(C)=O. The molecule has 9 nitrogen and oxygen atoms in total. The highest BCUT2D eigenvalue weighted by molar-refractivity contribution is 7.23. The standard InChI is InChI=1S/C29H30O9S/c1-15(30)38-19-11-16(9-10-18(19)31-2)29-24(17-12-20(32-3)26(35-6)21(13-17)33-4)25-23(39-29)14-22(34-5)27(36-7)28(25)37-8/h9-14H,1-8H3. The number of hydrogen-bond donors (Lipinski definition) is 0. The Morgan fingerprint density at radius 3 is 1.64 bits per heavy atom. The summed E-state index contributed by atoms with van der Waals surface area (Å²) in [5, 5.41) is 0.800. The van der Waals surface area contributed by atoms with E-state index in [-0.39, 0.29) is 0 Å². The summed E-state index contributed by atoms with van der Waals surface area (Å²) in [7, 11) is 10.9. The molecule has 0 fully saturated rings. The molecule has 0 saturated heterocycles. The van der Waals surface area contributed by atoms with Crippen molar-refractivity contribution in [3.63, 3.8) is 0 Å². The maximum atomic E-state index is 11.8. The van der Waals surface area contributed by atoms with Crippen LogP contribution >= 0.6 is 11.3 Å². The van der Waals surface area contributed by atoms with Gasteiger partial charge in [0.2, 0.25) is 11.5 Å². The topological polar surface area (TPSA) is 90.9 Å². The zero-order valence-electron chi connectivity index (χ0n) is 23.0. The Balaban J connectivity index is 2.16. The number of thiophene rings is 1. The summed E-state index contributed by atoms with van der Waals surface area (Å²) in [5.41, 5.74) is 2.39. The average Bonchev–Trinajstić information content (AvgIpc) is 3.33. The third-order valence-corrected chi connectivity index (χ3v) is 7.30. The normalized spacial score (nSPS) is 10.7. The lowest BCUT2D eigenvalue weighted by Crippen LogP contribution is -2.03. The van der Waals surface area contributed by atoms with Gasteiger partial charge in [-0.1, -0.05) is 0 Å². The van der Waals surface area contributed by atoms with Gasteiger partial charge in [-0.05, 0) is 41.5 Å². The molecule has 0 bridgehead atoms. The molecule has 0 radical (unpaired) electrons. The number of rotatable bonds is 10. The third kappa shape index (κ3) is 4.95. The van der Waals surface area contributed by atoms with E-state index in [9.17, 15) is 4.79 Å². The first-order chi connectivity index (χ1) is 18.8. The minimum atomic E-state index is -0.456. The molecule has 10 heteroatoms. The van der Waals surface area contributed by atoms with Crippen LogP contribution in [0.5, 0.6) is 46.0 Å². The largest absolute Gasteiger partial charge is 0.493 e. The van der Waals surface area contributed by atoms with E-state index >= 15 is 0 Å². The van der Waals surface area contributed by atoms with Gasteiger partial charge in [-0.3, -0.25) is 4.79 Å². The fourth-order valence-corrected chi connectivity index (χ4v) is 5.73. The lowest BCUT2D eigenvalue weighted by molar-refractivity contribution is -0.132. The summed E-state index contributed by atoms with van der Waals surface area (Å²) in [4.78, 5) is 12.7. The molecule has 0 aliphatic carbocycles. The molecule has 0 aliphatic heterocycles. The van der Waals surface area contributed by atoms with Crippen molar-refractivity contribution < 1.29 is 42.7 Å². The van der Waals surface area contributed by atoms with Gasteiger partial charge >= 0.3 is 5.97 Å². The molecule has 4 aromatic rings. The van der Waals surface area contributed by atoms with Crippen LogP contribution in [0.15, 0.2) is 36.4 Å². The smallest absolute Gasteiger partial charge is 0.308 e. The monoisotopic (exact) mass is 554 g/mol. The van der Waals surface area contributed by atoms with Crippen molar-refractivity contribution in [1.82, 2.24) is 0 Å². The van der Waals surface area contributed by atoms with E-state index in [0.717, 1.165) is 31.7 Å². The number of carbonyl (C=O) groups excluding carboxylic acids is 1. The van der Waals surface area contributed by atoms with Gasteiger partial charge in [0.05, 0.1) is 49.8 Å². The second-order valence-electron chi connectivity index (χ2n) is 8.20. The van der Waals surface area contributed by atoms with Gasteiger partial charge in [0.1, 0.15) is 0 Å². The Labute approximate surface area is 230 Å². The van der Waals surface area contributed by atoms with Crippen LogP contribution in [0.2, 0.25) is 0 Å². The van der Waals surface area contributed by atoms with Crippen LogP contribution in [0.3, 0.4) is 0 Å². The third-order valence-electron chi connectivity index (χ3n) is 6.12. The zero-order valence-corrected chi connectivity index (χ0v) is 23.9. The van der Waals surface area contributed by atoms with Crippen LogP contribution < -0.4 is 37.9 Å². The van der Waals surface area contributed by atoms with E-state index in [4.69, 9.17) is 37.9 Å². The summed E-state index contributed by atoms with van der Waals surface area (Å²) >= 11 is 1.52. The van der Waals surface area contributed by atoms with E-state index in [0.29, 0.717) is 46.0 Å². The molecular weight excluding hydrogens is 524 g/mol. The first kappa shape index (κ1) is 27.7. The molecule has 0 unspecified atom stereocenters. The molecule has 0 N–H and O–H groups in total. The molecule has 0 saturated carbocycles. The van der Waals surface area contributed by atoms with Crippen molar-refractivity contribution in [2.75, 3.05) is 49.8 Å². The van der Waals surface area contributed by atoms with E-state index in [1.54, 1.807) is 54.8 Å². The molecule has 1 heterocycles. The first-order valence-electron chi connectivity index (χ1n) is 11.8. The number of hydrogen-bond acceptors (Lipinski definition) is 10. The van der Waals surface area contributed by atoms with E-state index in [2.05, 4.69) is 0 Å². The first-order valence-corrected chi connectivity index (χ1v) is 12.6.